The lowest BCUT2D eigenvalue weighted by Gasteiger charge is -2.14. The second-order valence-electron chi connectivity index (χ2n) is 6.83. The minimum atomic E-state index is -0.360. The van der Waals surface area contributed by atoms with E-state index in [-0.39, 0.29) is 5.97 Å². The van der Waals surface area contributed by atoms with E-state index < -0.39 is 0 Å². The fourth-order valence-electron chi connectivity index (χ4n) is 3.50. The predicted molar refractivity (Wildman–Crippen MR) is 121 cm³/mol. The molecule has 1 aliphatic carbocycles. The Bertz CT molecular complexity index is 872. The molecule has 148 valence electrons. The van der Waals surface area contributed by atoms with Gasteiger partial charge in [-0.3, -0.25) is 0 Å². The minimum Gasteiger partial charge on any atom is -0.465 e. The van der Waals surface area contributed by atoms with Crippen LogP contribution >= 0.6 is 23.6 Å². The lowest BCUT2D eigenvalue weighted by atomic mass is 9.97. The predicted octanol–water partition coefficient (Wildman–Crippen LogP) is 5.69. The number of carbonyl (C=O) groups excluding carboxylic acids is 1. The Balaban J connectivity index is 1.73. The number of allylic oxidation sites excluding steroid dienone is 1. The van der Waals surface area contributed by atoms with Crippen LogP contribution in [0.1, 0.15) is 47.3 Å². The van der Waals surface area contributed by atoms with Crippen molar-refractivity contribution in [3.05, 3.63) is 52.4 Å². The van der Waals surface area contributed by atoms with Crippen LogP contribution in [-0.2, 0) is 4.74 Å². The molecule has 28 heavy (non-hydrogen) atoms. The zero-order valence-electron chi connectivity index (χ0n) is 16.3. The summed E-state index contributed by atoms with van der Waals surface area (Å²) in [6, 6.07) is 9.89. The Kier molecular flexibility index (Phi) is 7.23. The maximum Gasteiger partial charge on any atom is 0.341 e. The third kappa shape index (κ3) is 5.00. The van der Waals surface area contributed by atoms with Crippen LogP contribution in [0.3, 0.4) is 0 Å². The second-order valence-corrected chi connectivity index (χ2v) is 8.47. The van der Waals surface area contributed by atoms with Crippen molar-refractivity contribution in [2.45, 2.75) is 39.0 Å². The zero-order chi connectivity index (χ0) is 19.9. The van der Waals surface area contributed by atoms with Gasteiger partial charge in [0.15, 0.2) is 5.11 Å². The zero-order valence-corrected chi connectivity index (χ0v) is 18.0. The normalized spacial score (nSPS) is 13.6. The van der Waals surface area contributed by atoms with Gasteiger partial charge < -0.3 is 15.4 Å². The number of hydrogen-bond acceptors (Lipinski definition) is 4. The van der Waals surface area contributed by atoms with E-state index in [0.717, 1.165) is 34.0 Å². The third-order valence-corrected chi connectivity index (χ3v) is 6.15. The first-order valence-corrected chi connectivity index (χ1v) is 10.8. The molecular weight excluding hydrogens is 388 g/mol. The number of esters is 1. The highest BCUT2D eigenvalue weighted by Crippen LogP contribution is 2.40. The van der Waals surface area contributed by atoms with Gasteiger partial charge in [-0.15, -0.1) is 11.3 Å². The minimum absolute atomic E-state index is 0.360. The number of anilines is 1. The molecule has 0 amide bonds. The molecule has 1 aromatic heterocycles. The highest BCUT2D eigenvalue weighted by atomic mass is 32.1. The lowest BCUT2D eigenvalue weighted by molar-refractivity contribution is 0.0603. The summed E-state index contributed by atoms with van der Waals surface area (Å²) in [5.41, 5.74) is 3.94. The van der Waals surface area contributed by atoms with E-state index in [4.69, 9.17) is 17.0 Å². The largest absolute Gasteiger partial charge is 0.465 e. The lowest BCUT2D eigenvalue weighted by Crippen LogP contribution is -2.29. The van der Waals surface area contributed by atoms with Crippen molar-refractivity contribution in [3.63, 3.8) is 0 Å². The molecule has 0 saturated carbocycles. The van der Waals surface area contributed by atoms with E-state index in [2.05, 4.69) is 16.7 Å². The van der Waals surface area contributed by atoms with Gasteiger partial charge in [0.05, 0.1) is 7.11 Å². The van der Waals surface area contributed by atoms with Crippen molar-refractivity contribution in [2.75, 3.05) is 19.0 Å². The third-order valence-electron chi connectivity index (χ3n) is 4.88. The molecule has 1 aliphatic rings. The molecule has 0 aliphatic heterocycles. The summed E-state index contributed by atoms with van der Waals surface area (Å²) in [5, 5.41) is 7.73. The summed E-state index contributed by atoms with van der Waals surface area (Å²) in [5.74, 6) is -0.360. The summed E-state index contributed by atoms with van der Waals surface area (Å²) >= 11 is 6.99. The molecule has 2 N–H and O–H groups in total. The fraction of sp³-hybridized carbons (Fsp3) is 0.364. The number of rotatable bonds is 6. The van der Waals surface area contributed by atoms with E-state index in [1.54, 1.807) is 0 Å². The van der Waals surface area contributed by atoms with Crippen LogP contribution in [0.4, 0.5) is 5.00 Å². The summed E-state index contributed by atoms with van der Waals surface area (Å²) < 4.78 is 5.05. The molecule has 1 heterocycles. The monoisotopic (exact) mass is 414 g/mol. The number of thiophene rings is 1. The Morgan fingerprint density at radius 2 is 2.04 bits per heavy atom. The first-order chi connectivity index (χ1) is 13.6. The number of carbonyl (C=O) groups is 1. The molecule has 3 rings (SSSR count). The average molecular weight is 415 g/mol. The van der Waals surface area contributed by atoms with Gasteiger partial charge in [0.2, 0.25) is 0 Å². The highest BCUT2D eigenvalue weighted by molar-refractivity contribution is 7.80. The molecule has 0 saturated heterocycles. The maximum absolute atomic E-state index is 12.5. The van der Waals surface area contributed by atoms with E-state index in [1.165, 1.54) is 49.7 Å². The van der Waals surface area contributed by atoms with Crippen LogP contribution in [-0.4, -0.2) is 24.7 Å². The first-order valence-electron chi connectivity index (χ1n) is 9.60. The van der Waals surface area contributed by atoms with Gasteiger partial charge in [-0.1, -0.05) is 42.0 Å². The Hall–Kier alpha value is -2.18. The van der Waals surface area contributed by atoms with Crippen molar-refractivity contribution in [2.24, 2.45) is 0 Å². The van der Waals surface area contributed by atoms with E-state index in [1.807, 2.05) is 37.3 Å². The van der Waals surface area contributed by atoms with Gasteiger partial charge in [0, 0.05) is 17.0 Å². The van der Waals surface area contributed by atoms with Gasteiger partial charge in [-0.25, -0.2) is 4.79 Å². The topological polar surface area (TPSA) is 50.4 Å². The van der Waals surface area contributed by atoms with Gasteiger partial charge in [0.1, 0.15) is 10.6 Å². The first kappa shape index (κ1) is 20.6. The highest BCUT2D eigenvalue weighted by Gasteiger charge is 2.24. The van der Waals surface area contributed by atoms with E-state index >= 15 is 0 Å². The van der Waals surface area contributed by atoms with Crippen molar-refractivity contribution >= 4 is 39.6 Å². The molecule has 2 aromatic rings. The number of hydrogen-bond donors (Lipinski definition) is 2. The maximum atomic E-state index is 12.5. The second kappa shape index (κ2) is 9.85. The van der Waals surface area contributed by atoms with Gasteiger partial charge in [-0.05, 0) is 56.8 Å². The SMILES string of the molecule is COC(=O)c1c(NC(=S)NCCC2=CCCCC2)sc(C)c1-c1ccccc1. The van der Waals surface area contributed by atoms with Gasteiger partial charge in [-0.2, -0.15) is 0 Å². The van der Waals surface area contributed by atoms with Crippen molar-refractivity contribution in [3.8, 4) is 11.1 Å². The average Bonchev–Trinajstić information content (AvgIpc) is 3.04. The number of benzene rings is 1. The standard InChI is InChI=1S/C22H26N2O2S2/c1-15-18(17-11-7-4-8-12-17)19(21(25)26-2)20(28-15)24-22(27)23-14-13-16-9-5-3-6-10-16/h4,7-9,11-12H,3,5-6,10,13-14H2,1-2H3,(H2,23,24,27). The fourth-order valence-corrected chi connectivity index (χ4v) is 4.84. The summed E-state index contributed by atoms with van der Waals surface area (Å²) in [6.45, 7) is 2.80. The van der Waals surface area contributed by atoms with Crippen molar-refractivity contribution in [1.82, 2.24) is 5.32 Å². The Morgan fingerprint density at radius 1 is 1.25 bits per heavy atom. The molecular formula is C22H26N2O2S2. The molecule has 0 unspecified atom stereocenters. The molecule has 0 atom stereocenters. The Morgan fingerprint density at radius 3 is 2.71 bits per heavy atom. The molecule has 1 aromatic carbocycles. The summed E-state index contributed by atoms with van der Waals surface area (Å²) in [6.07, 6.45) is 8.33. The number of ether oxygens (including phenoxy) is 1. The smallest absolute Gasteiger partial charge is 0.341 e. The number of aryl methyl sites for hydroxylation is 1. The molecule has 0 fully saturated rings. The van der Waals surface area contributed by atoms with Crippen LogP contribution in [0.2, 0.25) is 0 Å². The van der Waals surface area contributed by atoms with Crippen molar-refractivity contribution < 1.29 is 9.53 Å². The summed E-state index contributed by atoms with van der Waals surface area (Å²) in [7, 11) is 1.41. The van der Waals surface area contributed by atoms with E-state index in [9.17, 15) is 4.79 Å². The van der Waals surface area contributed by atoms with Crippen LogP contribution in [0.15, 0.2) is 42.0 Å². The molecule has 0 spiro atoms. The van der Waals surface area contributed by atoms with Crippen molar-refractivity contribution in [1.29, 1.82) is 0 Å². The van der Waals surface area contributed by atoms with Crippen LogP contribution in [0.25, 0.3) is 11.1 Å². The van der Waals surface area contributed by atoms with Gasteiger partial charge >= 0.3 is 5.97 Å². The van der Waals surface area contributed by atoms with Gasteiger partial charge in [0.25, 0.3) is 0 Å². The Labute approximate surface area is 176 Å². The van der Waals surface area contributed by atoms with Crippen LogP contribution in [0, 0.1) is 6.92 Å². The van der Waals surface area contributed by atoms with Crippen LogP contribution < -0.4 is 10.6 Å². The van der Waals surface area contributed by atoms with E-state index in [0.29, 0.717) is 10.7 Å². The number of thiocarbonyl (C=S) groups is 1. The number of nitrogens with one attached hydrogen (secondary N) is 2. The quantitative estimate of drug-likeness (QED) is 0.361. The summed E-state index contributed by atoms with van der Waals surface area (Å²) in [4.78, 5) is 13.6. The van der Waals surface area contributed by atoms with Crippen LogP contribution in [0.5, 0.6) is 0 Å². The molecule has 6 heteroatoms. The molecule has 4 nitrogen and oxygen atoms in total. The molecule has 0 radical (unpaired) electrons. The molecule has 0 bridgehead atoms. The number of methoxy groups -OCH3 is 1.